The number of hydrogen-bond acceptors (Lipinski definition) is 5. The molecule has 0 radical (unpaired) electrons. The smallest absolute Gasteiger partial charge is 0.204 e. The Kier molecular flexibility index (Phi) is 7.14. The van der Waals surface area contributed by atoms with E-state index in [0.717, 1.165) is 0 Å². The summed E-state index contributed by atoms with van der Waals surface area (Å²) in [5, 5.41) is 0.527. The maximum Gasteiger partial charge on any atom is 0.204 e. The Morgan fingerprint density at radius 1 is 0.962 bits per heavy atom. The number of rotatable bonds is 8. The monoisotopic (exact) mass is 398 g/mol. The predicted octanol–water partition coefficient (Wildman–Crippen LogP) is 4.58. The van der Waals surface area contributed by atoms with Crippen molar-refractivity contribution in [2.24, 2.45) is 0 Å². The fraction of sp³-hybridized carbons (Fsp3) is 0.316. The van der Waals surface area contributed by atoms with Crippen molar-refractivity contribution < 1.29 is 23.7 Å². The fourth-order valence-electron chi connectivity index (χ4n) is 2.57. The molecule has 2 aromatic carbocycles. The zero-order valence-electron chi connectivity index (χ0n) is 15.0. The summed E-state index contributed by atoms with van der Waals surface area (Å²) in [7, 11) is 4.56. The number of methoxy groups -OCH3 is 3. The highest BCUT2D eigenvalue weighted by Gasteiger charge is 2.27. The molecule has 0 amide bonds. The first kappa shape index (κ1) is 20.4. The Labute approximate surface area is 162 Å². The maximum absolute atomic E-state index is 13.3. The van der Waals surface area contributed by atoms with Gasteiger partial charge in [0, 0.05) is 7.11 Å². The van der Waals surface area contributed by atoms with E-state index in [1.165, 1.54) is 14.2 Å². The van der Waals surface area contributed by atoms with E-state index < -0.39 is 0 Å². The van der Waals surface area contributed by atoms with Gasteiger partial charge in [0.15, 0.2) is 17.3 Å². The van der Waals surface area contributed by atoms with Crippen LogP contribution in [0.2, 0.25) is 10.0 Å². The van der Waals surface area contributed by atoms with Gasteiger partial charge in [-0.05, 0) is 30.7 Å². The van der Waals surface area contributed by atoms with Crippen molar-refractivity contribution in [2.75, 3.05) is 34.5 Å². The summed E-state index contributed by atoms with van der Waals surface area (Å²) < 4.78 is 21.6. The molecule has 5 nitrogen and oxygen atoms in total. The molecule has 0 heterocycles. The van der Waals surface area contributed by atoms with Gasteiger partial charge in [-0.1, -0.05) is 29.3 Å². The van der Waals surface area contributed by atoms with Crippen LogP contribution in [0.4, 0.5) is 0 Å². The molecule has 140 valence electrons. The number of ketones is 1. The first-order chi connectivity index (χ1) is 12.5. The summed E-state index contributed by atoms with van der Waals surface area (Å²) in [6.07, 6.45) is 0. The van der Waals surface area contributed by atoms with Crippen LogP contribution in [0, 0.1) is 6.92 Å². The zero-order chi connectivity index (χ0) is 19.3. The van der Waals surface area contributed by atoms with Crippen molar-refractivity contribution >= 4 is 29.0 Å². The molecule has 0 aromatic heterocycles. The molecule has 0 atom stereocenters. The van der Waals surface area contributed by atoms with E-state index in [1.54, 1.807) is 38.3 Å². The number of halogens is 2. The van der Waals surface area contributed by atoms with Crippen molar-refractivity contribution in [3.63, 3.8) is 0 Å². The van der Waals surface area contributed by atoms with Crippen LogP contribution < -0.4 is 14.2 Å². The van der Waals surface area contributed by atoms with Gasteiger partial charge in [-0.3, -0.25) is 4.79 Å². The average molecular weight is 399 g/mol. The SMILES string of the molecule is COCCOc1c(OC)c(OC)cc(C)c1C(=O)c1c(Cl)cccc1Cl. The van der Waals surface area contributed by atoms with Crippen LogP contribution in [-0.2, 0) is 4.74 Å². The fourth-order valence-corrected chi connectivity index (χ4v) is 3.14. The van der Waals surface area contributed by atoms with Crippen LogP contribution in [0.3, 0.4) is 0 Å². The molecule has 0 aliphatic heterocycles. The van der Waals surface area contributed by atoms with Gasteiger partial charge in [-0.15, -0.1) is 0 Å². The van der Waals surface area contributed by atoms with Crippen LogP contribution >= 0.6 is 23.2 Å². The third-order valence-corrected chi connectivity index (χ3v) is 4.40. The molecule has 26 heavy (non-hydrogen) atoms. The number of ether oxygens (including phenoxy) is 4. The number of aryl methyl sites for hydroxylation is 1. The molecule has 2 aromatic rings. The Hall–Kier alpha value is -1.95. The molecule has 0 N–H and O–H groups in total. The Morgan fingerprint density at radius 2 is 1.62 bits per heavy atom. The molecule has 2 rings (SSSR count). The molecule has 0 fully saturated rings. The quantitative estimate of drug-likeness (QED) is 0.481. The van der Waals surface area contributed by atoms with Crippen molar-refractivity contribution in [2.45, 2.75) is 6.92 Å². The van der Waals surface area contributed by atoms with Gasteiger partial charge in [0.25, 0.3) is 0 Å². The van der Waals surface area contributed by atoms with Crippen LogP contribution in [0.15, 0.2) is 24.3 Å². The highest BCUT2D eigenvalue weighted by Crippen LogP contribution is 2.43. The highest BCUT2D eigenvalue weighted by atomic mass is 35.5. The second-order valence-corrected chi connectivity index (χ2v) is 6.21. The number of carbonyl (C=O) groups is 1. The third-order valence-electron chi connectivity index (χ3n) is 3.77. The summed E-state index contributed by atoms with van der Waals surface area (Å²) in [4.78, 5) is 13.3. The Morgan fingerprint density at radius 3 is 2.15 bits per heavy atom. The van der Waals surface area contributed by atoms with Crippen molar-refractivity contribution in [3.8, 4) is 17.2 Å². The summed E-state index contributed by atoms with van der Waals surface area (Å²) in [6.45, 7) is 2.36. The summed E-state index contributed by atoms with van der Waals surface area (Å²) in [5.41, 5.74) is 1.17. The van der Waals surface area contributed by atoms with E-state index in [9.17, 15) is 4.79 Å². The number of benzene rings is 2. The van der Waals surface area contributed by atoms with Crippen molar-refractivity contribution in [1.82, 2.24) is 0 Å². The van der Waals surface area contributed by atoms with E-state index in [0.29, 0.717) is 29.2 Å². The average Bonchev–Trinajstić information content (AvgIpc) is 2.61. The van der Waals surface area contributed by atoms with Gasteiger partial charge in [-0.25, -0.2) is 0 Å². The van der Waals surface area contributed by atoms with Crippen LogP contribution in [0.1, 0.15) is 21.5 Å². The summed E-state index contributed by atoms with van der Waals surface area (Å²) in [5.74, 6) is 0.689. The lowest BCUT2D eigenvalue weighted by atomic mass is 9.97. The van der Waals surface area contributed by atoms with Gasteiger partial charge in [0.05, 0.1) is 42.0 Å². The molecule has 0 aliphatic rings. The molecule has 7 heteroatoms. The second-order valence-electron chi connectivity index (χ2n) is 5.40. The van der Waals surface area contributed by atoms with Gasteiger partial charge in [0.2, 0.25) is 5.75 Å². The molecule has 0 aliphatic carbocycles. The first-order valence-electron chi connectivity index (χ1n) is 7.82. The zero-order valence-corrected chi connectivity index (χ0v) is 16.5. The van der Waals surface area contributed by atoms with E-state index in [4.69, 9.17) is 42.1 Å². The molecular weight excluding hydrogens is 379 g/mol. The van der Waals surface area contributed by atoms with Crippen molar-refractivity contribution in [1.29, 1.82) is 0 Å². The third kappa shape index (κ3) is 4.06. The van der Waals surface area contributed by atoms with Gasteiger partial charge in [0.1, 0.15) is 6.61 Å². The lowest BCUT2D eigenvalue weighted by Crippen LogP contribution is -2.13. The largest absolute Gasteiger partial charge is 0.493 e. The van der Waals surface area contributed by atoms with Crippen molar-refractivity contribution in [3.05, 3.63) is 51.0 Å². The molecular formula is C19H20Cl2O5. The Balaban J connectivity index is 2.67. The minimum Gasteiger partial charge on any atom is -0.493 e. The number of carbonyl (C=O) groups excluding carboxylic acids is 1. The topological polar surface area (TPSA) is 54.0 Å². The molecule has 0 bridgehead atoms. The molecule has 0 saturated heterocycles. The Bertz CT molecular complexity index is 785. The van der Waals surface area contributed by atoms with E-state index in [2.05, 4.69) is 0 Å². The normalized spacial score (nSPS) is 10.5. The standard InChI is InChI=1S/C19H20Cl2O5/c1-11-10-14(24-3)18(25-4)19(26-9-8-23-2)15(11)17(22)16-12(20)6-5-7-13(16)21/h5-7,10H,8-9H2,1-4H3. The van der Waals surface area contributed by atoms with Gasteiger partial charge in [-0.2, -0.15) is 0 Å². The molecule has 0 spiro atoms. The van der Waals surface area contributed by atoms with E-state index >= 15 is 0 Å². The van der Waals surface area contributed by atoms with Gasteiger partial charge >= 0.3 is 0 Å². The minimum atomic E-state index is -0.355. The molecule has 0 saturated carbocycles. The molecule has 0 unspecified atom stereocenters. The highest BCUT2D eigenvalue weighted by molar-refractivity contribution is 6.41. The second kappa shape index (κ2) is 9.12. The summed E-state index contributed by atoms with van der Waals surface area (Å²) >= 11 is 12.4. The predicted molar refractivity (Wildman–Crippen MR) is 102 cm³/mol. The van der Waals surface area contributed by atoms with Crippen LogP contribution in [-0.4, -0.2) is 40.3 Å². The van der Waals surface area contributed by atoms with Gasteiger partial charge < -0.3 is 18.9 Å². The van der Waals surface area contributed by atoms with E-state index in [1.807, 2.05) is 0 Å². The van der Waals surface area contributed by atoms with Crippen LogP contribution in [0.5, 0.6) is 17.2 Å². The lowest BCUT2D eigenvalue weighted by molar-refractivity contribution is 0.102. The number of hydrogen-bond donors (Lipinski definition) is 0. The van der Waals surface area contributed by atoms with E-state index in [-0.39, 0.29) is 33.7 Å². The maximum atomic E-state index is 13.3. The summed E-state index contributed by atoms with van der Waals surface area (Å²) in [6, 6.07) is 6.61. The van der Waals surface area contributed by atoms with Crippen LogP contribution in [0.25, 0.3) is 0 Å². The first-order valence-corrected chi connectivity index (χ1v) is 8.57. The lowest BCUT2D eigenvalue weighted by Gasteiger charge is -2.19. The minimum absolute atomic E-state index is 0.211.